The molecule has 4 heteroatoms. The SMILES string of the molecule is O=CC(O)C=O.[Na+]. The van der Waals surface area contributed by atoms with Crippen molar-refractivity contribution < 1.29 is 44.3 Å². The van der Waals surface area contributed by atoms with E-state index in [0.717, 1.165) is 0 Å². The maximum Gasteiger partial charge on any atom is 1.00 e. The molecule has 0 aliphatic heterocycles. The summed E-state index contributed by atoms with van der Waals surface area (Å²) in [6, 6.07) is 0. The number of aliphatic hydroxyl groups excluding tert-OH is 1. The molecule has 0 bridgehead atoms. The van der Waals surface area contributed by atoms with E-state index in [0.29, 0.717) is 0 Å². The molecule has 1 N–H and O–H groups in total. The van der Waals surface area contributed by atoms with Gasteiger partial charge in [0.25, 0.3) is 0 Å². The van der Waals surface area contributed by atoms with Gasteiger partial charge < -0.3 is 5.11 Å². The zero-order chi connectivity index (χ0) is 4.99. The minimum atomic E-state index is -1.43. The third-order valence-corrected chi connectivity index (χ3v) is 0.279. The molecule has 34 valence electrons. The monoisotopic (exact) mass is 111 g/mol. The van der Waals surface area contributed by atoms with Gasteiger partial charge in [-0.25, -0.2) is 0 Å². The van der Waals surface area contributed by atoms with Crippen LogP contribution in [0.25, 0.3) is 0 Å². The van der Waals surface area contributed by atoms with Crippen LogP contribution in [0.4, 0.5) is 0 Å². The van der Waals surface area contributed by atoms with E-state index in [-0.39, 0.29) is 42.1 Å². The molecule has 0 fully saturated rings. The quantitative estimate of drug-likeness (QED) is 0.223. The number of hydrogen-bond acceptors (Lipinski definition) is 3. The number of hydrogen-bond donors (Lipinski definition) is 1. The van der Waals surface area contributed by atoms with E-state index < -0.39 is 6.10 Å². The number of aldehydes is 2. The molecular weight excluding hydrogens is 107 g/mol. The maximum absolute atomic E-state index is 9.25. The summed E-state index contributed by atoms with van der Waals surface area (Å²) in [5.41, 5.74) is 0. The van der Waals surface area contributed by atoms with Crippen LogP contribution in [0.3, 0.4) is 0 Å². The molecule has 0 aliphatic carbocycles. The standard InChI is InChI=1S/C3H4O3.Na/c4-1-3(6)2-5;/h1-3,6H;/q;+1. The van der Waals surface area contributed by atoms with Crippen molar-refractivity contribution in [1.29, 1.82) is 0 Å². The molecule has 3 nitrogen and oxygen atoms in total. The summed E-state index contributed by atoms with van der Waals surface area (Å²) in [6.45, 7) is 0. The first-order valence-electron chi connectivity index (χ1n) is 1.40. The molecule has 0 saturated heterocycles. The van der Waals surface area contributed by atoms with Gasteiger partial charge in [0.1, 0.15) is 0 Å². The molecule has 0 unspecified atom stereocenters. The van der Waals surface area contributed by atoms with Crippen LogP contribution in [-0.4, -0.2) is 23.8 Å². The Kier molecular flexibility index (Phi) is 9.28. The Bertz CT molecular complexity index is 55.2. The Hall–Kier alpha value is 0.300. The molecule has 0 aromatic carbocycles. The average molecular weight is 111 g/mol. The minimum Gasteiger partial charge on any atom is -0.378 e. The molecule has 0 rings (SSSR count). The zero-order valence-electron chi connectivity index (χ0n) is 4.00. The van der Waals surface area contributed by atoms with Gasteiger partial charge in [-0.15, -0.1) is 0 Å². The van der Waals surface area contributed by atoms with Crippen molar-refractivity contribution in [2.75, 3.05) is 0 Å². The van der Waals surface area contributed by atoms with Crippen LogP contribution >= 0.6 is 0 Å². The van der Waals surface area contributed by atoms with Crippen LogP contribution in [0, 0.1) is 0 Å². The largest absolute Gasteiger partial charge is 1.00 e. The van der Waals surface area contributed by atoms with E-state index in [2.05, 4.69) is 0 Å². The maximum atomic E-state index is 9.25. The van der Waals surface area contributed by atoms with Crippen molar-refractivity contribution in [3.05, 3.63) is 0 Å². The smallest absolute Gasteiger partial charge is 0.378 e. The third-order valence-electron chi connectivity index (χ3n) is 0.279. The van der Waals surface area contributed by atoms with E-state index in [4.69, 9.17) is 5.11 Å². The molecule has 0 aromatic heterocycles. The predicted molar refractivity (Wildman–Crippen MR) is 18.1 cm³/mol. The second-order valence-electron chi connectivity index (χ2n) is 0.763. The van der Waals surface area contributed by atoms with E-state index in [1.165, 1.54) is 0 Å². The van der Waals surface area contributed by atoms with Crippen LogP contribution in [0.15, 0.2) is 0 Å². The first-order valence-corrected chi connectivity index (χ1v) is 1.40. The topological polar surface area (TPSA) is 54.4 Å². The molecule has 0 spiro atoms. The summed E-state index contributed by atoms with van der Waals surface area (Å²) in [6.07, 6.45) is -1.11. The molecule has 0 saturated carbocycles. The summed E-state index contributed by atoms with van der Waals surface area (Å²) < 4.78 is 0. The molecule has 0 aromatic rings. The normalized spacial score (nSPS) is 7.14. The van der Waals surface area contributed by atoms with Crippen LogP contribution in [0.5, 0.6) is 0 Å². The van der Waals surface area contributed by atoms with Gasteiger partial charge in [-0.3, -0.25) is 9.59 Å². The van der Waals surface area contributed by atoms with Crippen LogP contribution < -0.4 is 29.6 Å². The molecule has 0 atom stereocenters. The molecular formula is C3H4NaO3+. The number of rotatable bonds is 2. The average Bonchev–Trinajstić information content (AvgIpc) is 1.65. The van der Waals surface area contributed by atoms with Gasteiger partial charge in [-0.1, -0.05) is 0 Å². The van der Waals surface area contributed by atoms with Crippen molar-refractivity contribution >= 4 is 12.6 Å². The van der Waals surface area contributed by atoms with Crippen molar-refractivity contribution in [3.8, 4) is 0 Å². The van der Waals surface area contributed by atoms with E-state index in [9.17, 15) is 9.59 Å². The molecule has 0 heterocycles. The van der Waals surface area contributed by atoms with Gasteiger partial charge in [-0.05, 0) is 0 Å². The Morgan fingerprint density at radius 1 is 1.29 bits per heavy atom. The fraction of sp³-hybridized carbons (Fsp3) is 0.333. The van der Waals surface area contributed by atoms with E-state index >= 15 is 0 Å². The predicted octanol–water partition coefficient (Wildman–Crippen LogP) is -4.25. The van der Waals surface area contributed by atoms with Gasteiger partial charge in [-0.2, -0.15) is 0 Å². The van der Waals surface area contributed by atoms with Crippen molar-refractivity contribution in [2.24, 2.45) is 0 Å². The molecule has 0 aliphatic rings. The number of aliphatic hydroxyl groups is 1. The van der Waals surface area contributed by atoms with E-state index in [1.807, 2.05) is 0 Å². The Morgan fingerprint density at radius 2 is 1.57 bits per heavy atom. The number of carbonyl (C=O) groups excluding carboxylic acids is 2. The second kappa shape index (κ2) is 6.30. The zero-order valence-corrected chi connectivity index (χ0v) is 6.00. The second-order valence-corrected chi connectivity index (χ2v) is 0.763. The molecule has 0 radical (unpaired) electrons. The summed E-state index contributed by atoms with van der Waals surface area (Å²) in [5, 5.41) is 7.93. The molecule has 0 amide bonds. The molecule has 7 heavy (non-hydrogen) atoms. The Labute approximate surface area is 63.0 Å². The minimum absolute atomic E-state index is 0. The Balaban J connectivity index is 0. The van der Waals surface area contributed by atoms with Crippen molar-refractivity contribution in [2.45, 2.75) is 6.10 Å². The summed E-state index contributed by atoms with van der Waals surface area (Å²) >= 11 is 0. The first-order chi connectivity index (χ1) is 2.81. The van der Waals surface area contributed by atoms with Crippen LogP contribution in [0.2, 0.25) is 0 Å². The summed E-state index contributed by atoms with van der Waals surface area (Å²) in [5.74, 6) is 0. The summed E-state index contributed by atoms with van der Waals surface area (Å²) in [7, 11) is 0. The van der Waals surface area contributed by atoms with Gasteiger partial charge in [0.15, 0.2) is 18.7 Å². The fourth-order valence-electron chi connectivity index (χ4n) is 0.0321. The van der Waals surface area contributed by atoms with Gasteiger partial charge >= 0.3 is 29.6 Å². The number of carbonyl (C=O) groups is 2. The Morgan fingerprint density at radius 3 is 1.57 bits per heavy atom. The van der Waals surface area contributed by atoms with Gasteiger partial charge in [0.05, 0.1) is 0 Å². The third kappa shape index (κ3) is 6.30. The summed E-state index contributed by atoms with van der Waals surface area (Å²) in [4.78, 5) is 18.5. The van der Waals surface area contributed by atoms with E-state index in [1.54, 1.807) is 0 Å². The first kappa shape index (κ1) is 10.3. The van der Waals surface area contributed by atoms with Crippen LogP contribution in [0.1, 0.15) is 0 Å². The van der Waals surface area contributed by atoms with Crippen molar-refractivity contribution in [3.63, 3.8) is 0 Å². The van der Waals surface area contributed by atoms with Crippen molar-refractivity contribution in [1.82, 2.24) is 0 Å². The van der Waals surface area contributed by atoms with Gasteiger partial charge in [0.2, 0.25) is 0 Å². The van der Waals surface area contributed by atoms with Crippen LogP contribution in [-0.2, 0) is 9.59 Å². The van der Waals surface area contributed by atoms with Gasteiger partial charge in [0, 0.05) is 0 Å². The fourth-order valence-corrected chi connectivity index (χ4v) is 0.0321.